The number of nitrogens with one attached hydrogen (secondary N) is 1. The van der Waals surface area contributed by atoms with E-state index in [1.807, 2.05) is 6.07 Å². The lowest BCUT2D eigenvalue weighted by molar-refractivity contribution is -0.384. The third-order valence-electron chi connectivity index (χ3n) is 5.41. The first-order chi connectivity index (χ1) is 10.7. The van der Waals surface area contributed by atoms with Crippen molar-refractivity contribution in [1.29, 1.82) is 0 Å². The summed E-state index contributed by atoms with van der Waals surface area (Å²) < 4.78 is 0. The highest BCUT2D eigenvalue weighted by atomic mass is 16.6. The number of nitrogens with zero attached hydrogens (tertiary/aromatic N) is 1. The monoisotopic (exact) mass is 296 g/mol. The van der Waals surface area contributed by atoms with Crippen LogP contribution in [-0.4, -0.2) is 11.0 Å². The molecule has 0 bridgehead atoms. The fourth-order valence-electron chi connectivity index (χ4n) is 4.33. The van der Waals surface area contributed by atoms with E-state index < -0.39 is 0 Å². The Morgan fingerprint density at radius 2 is 2.09 bits per heavy atom. The molecule has 1 aromatic carbocycles. The van der Waals surface area contributed by atoms with Gasteiger partial charge in [-0.1, -0.05) is 24.3 Å². The molecule has 1 N–H and O–H groups in total. The summed E-state index contributed by atoms with van der Waals surface area (Å²) in [6, 6.07) is 5.73. The van der Waals surface area contributed by atoms with Gasteiger partial charge in [-0.2, -0.15) is 0 Å². The van der Waals surface area contributed by atoms with Crippen molar-refractivity contribution in [2.45, 2.75) is 37.6 Å². The molecule has 4 nitrogen and oxygen atoms in total. The Bertz CT molecular complexity index is 665. The van der Waals surface area contributed by atoms with Gasteiger partial charge in [0.1, 0.15) is 0 Å². The number of fused-ring (bicyclic) bond motifs is 3. The van der Waals surface area contributed by atoms with E-state index in [4.69, 9.17) is 0 Å². The van der Waals surface area contributed by atoms with E-state index in [0.717, 1.165) is 30.5 Å². The van der Waals surface area contributed by atoms with Gasteiger partial charge in [0.2, 0.25) is 0 Å². The number of rotatable bonds is 2. The molecule has 4 atom stereocenters. The minimum Gasteiger partial charge on any atom is -0.381 e. The number of nitro benzene ring substituents is 1. The van der Waals surface area contributed by atoms with Crippen molar-refractivity contribution in [2.75, 3.05) is 5.32 Å². The molecule has 0 spiro atoms. The van der Waals surface area contributed by atoms with Crippen LogP contribution in [0.15, 0.2) is 42.5 Å². The van der Waals surface area contributed by atoms with Gasteiger partial charge in [-0.05, 0) is 49.1 Å². The molecule has 2 aliphatic carbocycles. The number of non-ortho nitro benzene ring substituents is 1. The van der Waals surface area contributed by atoms with Crippen molar-refractivity contribution in [3.8, 4) is 0 Å². The molecule has 4 unspecified atom stereocenters. The average molecular weight is 296 g/mol. The number of hydrogen-bond donors (Lipinski definition) is 1. The van der Waals surface area contributed by atoms with Crippen LogP contribution in [0, 0.1) is 22.0 Å². The summed E-state index contributed by atoms with van der Waals surface area (Å²) >= 11 is 0. The van der Waals surface area contributed by atoms with Crippen molar-refractivity contribution in [3.63, 3.8) is 0 Å². The zero-order chi connectivity index (χ0) is 15.1. The minimum atomic E-state index is -0.296. The lowest BCUT2D eigenvalue weighted by Crippen LogP contribution is -2.41. The van der Waals surface area contributed by atoms with Crippen molar-refractivity contribution in [2.24, 2.45) is 11.8 Å². The third-order valence-corrected chi connectivity index (χ3v) is 5.41. The number of hydrogen-bond acceptors (Lipinski definition) is 3. The number of benzene rings is 1. The molecular formula is C18H20N2O2. The lowest BCUT2D eigenvalue weighted by atomic mass is 9.72. The molecular weight excluding hydrogens is 276 g/mol. The van der Waals surface area contributed by atoms with Crippen molar-refractivity contribution >= 4 is 11.4 Å². The Morgan fingerprint density at radius 3 is 2.86 bits per heavy atom. The molecule has 3 aliphatic rings. The van der Waals surface area contributed by atoms with Gasteiger partial charge >= 0.3 is 0 Å². The maximum Gasteiger partial charge on any atom is 0.269 e. The summed E-state index contributed by atoms with van der Waals surface area (Å²) in [6.07, 6.45) is 13.7. The zero-order valence-electron chi connectivity index (χ0n) is 12.4. The van der Waals surface area contributed by atoms with E-state index >= 15 is 0 Å². The van der Waals surface area contributed by atoms with Crippen LogP contribution in [0.3, 0.4) is 0 Å². The van der Waals surface area contributed by atoms with E-state index in [1.165, 1.54) is 6.42 Å². The fraction of sp³-hybridized carbons (Fsp3) is 0.444. The quantitative estimate of drug-likeness (QED) is 0.500. The molecule has 0 radical (unpaired) electrons. The first-order valence-electron chi connectivity index (χ1n) is 8.10. The van der Waals surface area contributed by atoms with Gasteiger partial charge in [0.05, 0.1) is 4.92 Å². The fourth-order valence-corrected chi connectivity index (χ4v) is 4.33. The van der Waals surface area contributed by atoms with Gasteiger partial charge in [-0.15, -0.1) is 0 Å². The first kappa shape index (κ1) is 13.6. The largest absolute Gasteiger partial charge is 0.381 e. The van der Waals surface area contributed by atoms with Crippen LogP contribution in [0.2, 0.25) is 0 Å². The van der Waals surface area contributed by atoms with Crippen LogP contribution >= 0.6 is 0 Å². The van der Waals surface area contributed by atoms with Crippen LogP contribution in [0.5, 0.6) is 0 Å². The highest BCUT2D eigenvalue weighted by Crippen LogP contribution is 2.48. The highest BCUT2D eigenvalue weighted by Gasteiger charge is 2.40. The van der Waals surface area contributed by atoms with Crippen LogP contribution in [-0.2, 0) is 0 Å². The zero-order valence-corrected chi connectivity index (χ0v) is 12.4. The van der Waals surface area contributed by atoms with E-state index in [-0.39, 0.29) is 10.6 Å². The van der Waals surface area contributed by atoms with Crippen molar-refractivity contribution < 1.29 is 4.92 Å². The van der Waals surface area contributed by atoms with Crippen molar-refractivity contribution in [1.82, 2.24) is 0 Å². The summed E-state index contributed by atoms with van der Waals surface area (Å²) in [5, 5.41) is 14.7. The standard InChI is InChI=1S/C18H20N2O2/c21-20(22)13-9-10-17-16(11-13)14-7-4-8-15(14)18(19-17)12-5-2-1-3-6-12/h1-2,4,8-12,14-15,18-19H,3,5-7H2. The molecule has 0 amide bonds. The minimum absolute atomic E-state index is 0.199. The Morgan fingerprint density at radius 1 is 1.18 bits per heavy atom. The van der Waals surface area contributed by atoms with Gasteiger partial charge in [-0.25, -0.2) is 0 Å². The molecule has 0 aromatic heterocycles. The van der Waals surface area contributed by atoms with E-state index in [1.54, 1.807) is 12.1 Å². The Hall–Kier alpha value is -2.10. The predicted octanol–water partition coefficient (Wildman–Crippen LogP) is 4.40. The van der Waals surface area contributed by atoms with Crippen LogP contribution in [0.25, 0.3) is 0 Å². The first-order valence-corrected chi connectivity index (χ1v) is 8.10. The Labute approximate surface area is 130 Å². The van der Waals surface area contributed by atoms with E-state index in [0.29, 0.717) is 23.8 Å². The molecule has 0 saturated heterocycles. The number of allylic oxidation sites excluding steroid dienone is 3. The third kappa shape index (κ3) is 2.14. The second kappa shape index (κ2) is 5.27. The van der Waals surface area contributed by atoms with Gasteiger partial charge < -0.3 is 5.32 Å². The summed E-state index contributed by atoms with van der Waals surface area (Å²) in [4.78, 5) is 10.8. The predicted molar refractivity (Wildman–Crippen MR) is 87.0 cm³/mol. The Kier molecular flexibility index (Phi) is 3.25. The molecule has 1 aliphatic heterocycles. The van der Waals surface area contributed by atoms with Crippen LogP contribution in [0.4, 0.5) is 11.4 Å². The normalized spacial score (nSPS) is 32.2. The van der Waals surface area contributed by atoms with Crippen LogP contribution < -0.4 is 5.32 Å². The smallest absolute Gasteiger partial charge is 0.269 e. The molecule has 0 fully saturated rings. The van der Waals surface area contributed by atoms with E-state index in [2.05, 4.69) is 29.6 Å². The molecule has 22 heavy (non-hydrogen) atoms. The topological polar surface area (TPSA) is 55.2 Å². The second-order valence-corrected chi connectivity index (χ2v) is 6.59. The maximum atomic E-state index is 11.1. The van der Waals surface area contributed by atoms with Crippen molar-refractivity contribution in [3.05, 3.63) is 58.2 Å². The van der Waals surface area contributed by atoms with E-state index in [9.17, 15) is 10.1 Å². The molecule has 1 heterocycles. The SMILES string of the molecule is O=[N+]([O-])c1ccc2c(c1)C1CC=CC1C(C1CC=CCC1)N2. The summed E-state index contributed by atoms with van der Waals surface area (Å²) in [5.41, 5.74) is 2.41. The second-order valence-electron chi connectivity index (χ2n) is 6.59. The summed E-state index contributed by atoms with van der Waals surface area (Å²) in [5.74, 6) is 1.52. The summed E-state index contributed by atoms with van der Waals surface area (Å²) in [7, 11) is 0. The molecule has 4 rings (SSSR count). The lowest BCUT2D eigenvalue weighted by Gasteiger charge is -2.41. The Balaban J connectivity index is 1.70. The summed E-state index contributed by atoms with van der Waals surface area (Å²) in [6.45, 7) is 0. The average Bonchev–Trinajstić information content (AvgIpc) is 3.04. The molecule has 0 saturated carbocycles. The highest BCUT2D eigenvalue weighted by molar-refractivity contribution is 5.61. The van der Waals surface area contributed by atoms with Crippen LogP contribution in [0.1, 0.15) is 37.2 Å². The number of nitro groups is 1. The van der Waals surface area contributed by atoms with Gasteiger partial charge in [0, 0.05) is 29.8 Å². The molecule has 114 valence electrons. The molecule has 1 aromatic rings. The van der Waals surface area contributed by atoms with Gasteiger partial charge in [0.15, 0.2) is 0 Å². The molecule has 4 heteroatoms. The number of anilines is 1. The maximum absolute atomic E-state index is 11.1. The van der Waals surface area contributed by atoms with Gasteiger partial charge in [0.25, 0.3) is 5.69 Å². The van der Waals surface area contributed by atoms with Gasteiger partial charge in [-0.3, -0.25) is 10.1 Å².